The summed E-state index contributed by atoms with van der Waals surface area (Å²) in [6.45, 7) is 6.91. The fraction of sp³-hybridized carbons (Fsp3) is 0.255. The molecule has 308 valence electrons. The van der Waals surface area contributed by atoms with E-state index < -0.39 is 0 Å². The van der Waals surface area contributed by atoms with Gasteiger partial charge in [0.2, 0.25) is 17.7 Å². The zero-order valence-corrected chi connectivity index (χ0v) is 34.0. The minimum Gasteiger partial charge on any atom is -0.474 e. The Morgan fingerprint density at radius 3 is 2.03 bits per heavy atom. The van der Waals surface area contributed by atoms with E-state index in [2.05, 4.69) is 25.6 Å². The van der Waals surface area contributed by atoms with Crippen LogP contribution < -0.4 is 20.1 Å². The van der Waals surface area contributed by atoms with Crippen LogP contribution in [0.15, 0.2) is 116 Å². The Bertz CT molecular complexity index is 2530. The predicted molar refractivity (Wildman–Crippen MR) is 230 cm³/mol. The summed E-state index contributed by atoms with van der Waals surface area (Å²) < 4.78 is 43.8. The summed E-state index contributed by atoms with van der Waals surface area (Å²) >= 11 is 0. The van der Waals surface area contributed by atoms with E-state index in [1.54, 1.807) is 24.3 Å². The van der Waals surface area contributed by atoms with Crippen LogP contribution in [0.1, 0.15) is 36.2 Å². The number of anilines is 1. The fourth-order valence-electron chi connectivity index (χ4n) is 6.48. The largest absolute Gasteiger partial charge is 0.474 e. The first-order valence-corrected chi connectivity index (χ1v) is 19.8. The fourth-order valence-corrected chi connectivity index (χ4v) is 6.48. The molecule has 5 aromatic carbocycles. The number of halogens is 2. The second-order valence-corrected chi connectivity index (χ2v) is 14.9. The Balaban J connectivity index is 0.000000218. The molecular formula is C47H47F2N7O4. The number of hydrogen-bond acceptors (Lipinski definition) is 10. The highest BCUT2D eigenvalue weighted by molar-refractivity contribution is 5.95. The molecule has 7 aromatic rings. The number of hydrogen-bond donors (Lipinski definition) is 2. The average Bonchev–Trinajstić information content (AvgIpc) is 3.77. The van der Waals surface area contributed by atoms with E-state index in [0.717, 1.165) is 62.6 Å². The first-order valence-electron chi connectivity index (χ1n) is 19.8. The lowest BCUT2D eigenvalue weighted by Crippen LogP contribution is -2.31. The quantitative estimate of drug-likeness (QED) is 0.117. The molecule has 1 atom stereocenters. The lowest BCUT2D eigenvalue weighted by atomic mass is 10.0. The van der Waals surface area contributed by atoms with Crippen molar-refractivity contribution in [1.29, 1.82) is 0 Å². The van der Waals surface area contributed by atoms with Gasteiger partial charge in [0.1, 0.15) is 24.1 Å². The summed E-state index contributed by atoms with van der Waals surface area (Å²) in [5, 5.41) is 7.81. The minimum absolute atomic E-state index is 0.0394. The van der Waals surface area contributed by atoms with E-state index in [1.165, 1.54) is 30.6 Å². The number of rotatable bonds is 13. The van der Waals surface area contributed by atoms with E-state index in [4.69, 9.17) is 19.2 Å². The molecule has 1 aliphatic heterocycles. The molecule has 0 unspecified atom stereocenters. The van der Waals surface area contributed by atoms with Crippen LogP contribution in [0.5, 0.6) is 11.8 Å². The second kappa shape index (κ2) is 19.5. The Labute approximate surface area is 347 Å². The van der Waals surface area contributed by atoms with Crippen molar-refractivity contribution >= 4 is 33.7 Å². The summed E-state index contributed by atoms with van der Waals surface area (Å²) in [5.74, 6) is 0.869. The molecule has 1 fully saturated rings. The van der Waals surface area contributed by atoms with Gasteiger partial charge in [-0.1, -0.05) is 48.5 Å². The van der Waals surface area contributed by atoms with Gasteiger partial charge in [-0.3, -0.25) is 4.79 Å². The summed E-state index contributed by atoms with van der Waals surface area (Å²) in [4.78, 5) is 32.3. The van der Waals surface area contributed by atoms with Gasteiger partial charge in [-0.2, -0.15) is 4.98 Å². The van der Waals surface area contributed by atoms with E-state index >= 15 is 0 Å². The number of carbonyl (C=O) groups excluding carboxylic acids is 1. The number of carbonyl (C=O) groups is 1. The molecule has 0 bridgehead atoms. The molecular weight excluding hydrogens is 765 g/mol. The van der Waals surface area contributed by atoms with Crippen LogP contribution in [-0.2, 0) is 11.3 Å². The van der Waals surface area contributed by atoms with Gasteiger partial charge >= 0.3 is 0 Å². The van der Waals surface area contributed by atoms with Crippen molar-refractivity contribution in [3.05, 3.63) is 138 Å². The SMILES string of the molecule is CC(C)Oc1ncnc2ccc(-c3ccc(F)cc3)cc12.CN(C)CCNC(=O)c1ccc(-c2ccc3nc(NCc4ccc(F)cc4)nc(O[C@H]4CCOC4)c3c2)cc1. The lowest BCUT2D eigenvalue weighted by Gasteiger charge is -2.15. The summed E-state index contributed by atoms with van der Waals surface area (Å²) in [7, 11) is 3.94. The molecule has 2 aromatic heterocycles. The molecule has 0 spiro atoms. The zero-order valence-electron chi connectivity index (χ0n) is 34.0. The van der Waals surface area contributed by atoms with Crippen LogP contribution in [0.25, 0.3) is 44.1 Å². The third-order valence-corrected chi connectivity index (χ3v) is 9.64. The number of benzene rings is 5. The zero-order chi connectivity index (χ0) is 42.0. The number of nitrogens with zero attached hydrogens (tertiary/aromatic N) is 5. The Morgan fingerprint density at radius 2 is 1.40 bits per heavy atom. The Morgan fingerprint density at radius 1 is 0.783 bits per heavy atom. The topological polar surface area (TPSA) is 124 Å². The maximum absolute atomic E-state index is 13.3. The van der Waals surface area contributed by atoms with Crippen molar-refractivity contribution in [2.45, 2.75) is 39.0 Å². The average molecular weight is 812 g/mol. The number of likely N-dealkylation sites (N-methyl/N-ethyl adjacent to an activating group) is 1. The molecule has 0 radical (unpaired) electrons. The maximum Gasteiger partial charge on any atom is 0.251 e. The van der Waals surface area contributed by atoms with Crippen molar-refractivity contribution in [3.8, 4) is 34.0 Å². The van der Waals surface area contributed by atoms with Crippen LogP contribution in [-0.4, -0.2) is 83.3 Å². The molecule has 60 heavy (non-hydrogen) atoms. The highest BCUT2D eigenvalue weighted by Gasteiger charge is 2.21. The van der Waals surface area contributed by atoms with Crippen LogP contribution in [0.2, 0.25) is 0 Å². The summed E-state index contributed by atoms with van der Waals surface area (Å²) in [6.07, 6.45) is 2.25. The van der Waals surface area contributed by atoms with Crippen LogP contribution >= 0.6 is 0 Å². The van der Waals surface area contributed by atoms with Gasteiger partial charge in [0.25, 0.3) is 5.91 Å². The monoisotopic (exact) mass is 811 g/mol. The van der Waals surface area contributed by atoms with E-state index in [9.17, 15) is 13.6 Å². The first kappa shape index (κ1) is 41.6. The molecule has 1 saturated heterocycles. The Kier molecular flexibility index (Phi) is 13.5. The molecule has 13 heteroatoms. The van der Waals surface area contributed by atoms with E-state index in [0.29, 0.717) is 49.6 Å². The smallest absolute Gasteiger partial charge is 0.251 e. The van der Waals surface area contributed by atoms with Crippen molar-refractivity contribution in [1.82, 2.24) is 30.2 Å². The van der Waals surface area contributed by atoms with Gasteiger partial charge in [-0.25, -0.2) is 23.7 Å². The van der Waals surface area contributed by atoms with Gasteiger partial charge in [0, 0.05) is 31.6 Å². The van der Waals surface area contributed by atoms with Gasteiger partial charge in [0.05, 0.1) is 41.1 Å². The molecule has 11 nitrogen and oxygen atoms in total. The van der Waals surface area contributed by atoms with E-state index in [1.807, 2.05) is 93.5 Å². The number of nitrogens with one attached hydrogen (secondary N) is 2. The molecule has 2 N–H and O–H groups in total. The maximum atomic E-state index is 13.3. The predicted octanol–water partition coefficient (Wildman–Crippen LogP) is 8.73. The minimum atomic E-state index is -0.274. The van der Waals surface area contributed by atoms with Crippen molar-refractivity contribution < 1.29 is 27.8 Å². The van der Waals surface area contributed by atoms with Gasteiger partial charge in [0.15, 0.2) is 0 Å². The molecule has 3 heterocycles. The molecule has 8 rings (SSSR count). The number of aromatic nitrogens is 4. The number of amides is 1. The third kappa shape index (κ3) is 10.9. The molecule has 1 amide bonds. The first-order chi connectivity index (χ1) is 29.1. The third-order valence-electron chi connectivity index (χ3n) is 9.64. The van der Waals surface area contributed by atoms with Crippen molar-refractivity contribution in [2.24, 2.45) is 0 Å². The lowest BCUT2D eigenvalue weighted by molar-refractivity contribution is 0.0951. The van der Waals surface area contributed by atoms with Gasteiger partial charge in [-0.05, 0) is 116 Å². The van der Waals surface area contributed by atoms with Crippen LogP contribution in [0.4, 0.5) is 14.7 Å². The standard InChI is InChI=1S/C30H32FN5O3.C17H15FN2O/c1-36(2)15-14-32-28(37)22-7-5-21(6-8-22)23-9-12-27-26(17-23)29(39-25-13-16-38-19-25)35-30(34-27)33-18-20-3-10-24(31)11-4-20;1-11(2)21-17-15-9-13(5-8-16(15)19-10-20-17)12-3-6-14(18)7-4-12/h3-12,17,25H,13-16,18-19H2,1-2H3,(H,32,37)(H,33,34,35);3-11H,1-2H3/t25-;/m0./s1. The normalized spacial score (nSPS) is 13.6. The summed E-state index contributed by atoms with van der Waals surface area (Å²) in [6, 6.07) is 32.0. The number of ether oxygens (including phenoxy) is 3. The van der Waals surface area contributed by atoms with Crippen LogP contribution in [0, 0.1) is 11.6 Å². The number of fused-ring (bicyclic) bond motifs is 2. The molecule has 0 aliphatic carbocycles. The Hall–Kier alpha value is -6.57. The molecule has 1 aliphatic rings. The van der Waals surface area contributed by atoms with Crippen molar-refractivity contribution in [3.63, 3.8) is 0 Å². The van der Waals surface area contributed by atoms with Crippen molar-refractivity contribution in [2.75, 3.05) is 45.7 Å². The van der Waals surface area contributed by atoms with Crippen LogP contribution in [0.3, 0.4) is 0 Å². The summed E-state index contributed by atoms with van der Waals surface area (Å²) in [5.41, 5.74) is 6.94. The molecule has 0 saturated carbocycles. The highest BCUT2D eigenvalue weighted by atomic mass is 19.1. The second-order valence-electron chi connectivity index (χ2n) is 14.9. The van der Waals surface area contributed by atoms with Gasteiger partial charge in [-0.15, -0.1) is 0 Å². The van der Waals surface area contributed by atoms with E-state index in [-0.39, 0.29) is 29.7 Å². The highest BCUT2D eigenvalue weighted by Crippen LogP contribution is 2.32. The van der Waals surface area contributed by atoms with Gasteiger partial charge < -0.3 is 29.7 Å².